The molecule has 1 aliphatic rings. The fraction of sp³-hybridized carbons (Fsp3) is 0.833. The highest BCUT2D eigenvalue weighted by atomic mass is 16.2. The molecule has 86 valence electrons. The summed E-state index contributed by atoms with van der Waals surface area (Å²) in [6.07, 6.45) is 5.47. The maximum absolute atomic E-state index is 11.8. The molecule has 0 saturated carbocycles. The number of carbonyl (C=O) groups excluding carboxylic acids is 2. The fourth-order valence-electron chi connectivity index (χ4n) is 2.06. The molecule has 15 heavy (non-hydrogen) atoms. The lowest BCUT2D eigenvalue weighted by Gasteiger charge is -2.29. The van der Waals surface area contributed by atoms with E-state index in [1.807, 2.05) is 13.8 Å². The van der Waals surface area contributed by atoms with Crippen molar-refractivity contribution >= 4 is 11.7 Å². The lowest BCUT2D eigenvalue weighted by atomic mass is 10.0. The second kappa shape index (κ2) is 5.89. The Morgan fingerprint density at radius 3 is 2.67 bits per heavy atom. The Hall–Kier alpha value is -0.860. The van der Waals surface area contributed by atoms with E-state index >= 15 is 0 Å². The van der Waals surface area contributed by atoms with Crippen molar-refractivity contribution in [1.82, 2.24) is 4.90 Å². The molecule has 3 nitrogen and oxygen atoms in total. The molecular weight excluding hydrogens is 190 g/mol. The Morgan fingerprint density at radius 2 is 2.00 bits per heavy atom. The van der Waals surface area contributed by atoms with Crippen molar-refractivity contribution in [1.29, 1.82) is 0 Å². The van der Waals surface area contributed by atoms with Crippen molar-refractivity contribution in [2.24, 2.45) is 0 Å². The van der Waals surface area contributed by atoms with Crippen LogP contribution in [0, 0.1) is 0 Å². The third-order valence-corrected chi connectivity index (χ3v) is 3.14. The van der Waals surface area contributed by atoms with E-state index in [0.717, 1.165) is 25.8 Å². The third kappa shape index (κ3) is 3.33. The average molecular weight is 211 g/mol. The summed E-state index contributed by atoms with van der Waals surface area (Å²) in [4.78, 5) is 25.1. The molecule has 0 spiro atoms. The van der Waals surface area contributed by atoms with Crippen LogP contribution in [0.2, 0.25) is 0 Å². The van der Waals surface area contributed by atoms with Gasteiger partial charge in [-0.05, 0) is 19.8 Å². The zero-order valence-electron chi connectivity index (χ0n) is 9.79. The highest BCUT2D eigenvalue weighted by molar-refractivity contribution is 5.88. The molecule has 0 bridgehead atoms. The smallest absolute Gasteiger partial charge is 0.223 e. The van der Waals surface area contributed by atoms with Crippen LogP contribution in [0.5, 0.6) is 0 Å². The van der Waals surface area contributed by atoms with Gasteiger partial charge in [0.1, 0.15) is 0 Å². The van der Waals surface area contributed by atoms with E-state index in [0.29, 0.717) is 12.8 Å². The predicted octanol–water partition coefficient (Wildman–Crippen LogP) is 2.15. The summed E-state index contributed by atoms with van der Waals surface area (Å²) in [5.41, 5.74) is 0. The van der Waals surface area contributed by atoms with Gasteiger partial charge < -0.3 is 4.90 Å². The van der Waals surface area contributed by atoms with Crippen LogP contribution in [0.25, 0.3) is 0 Å². The lowest BCUT2D eigenvalue weighted by Crippen LogP contribution is -2.44. The summed E-state index contributed by atoms with van der Waals surface area (Å²) in [6, 6.07) is -0.222. The van der Waals surface area contributed by atoms with Crippen LogP contribution < -0.4 is 0 Å². The molecule has 1 heterocycles. The normalized spacial score (nSPS) is 20.7. The van der Waals surface area contributed by atoms with Gasteiger partial charge in [-0.25, -0.2) is 0 Å². The molecule has 1 rings (SSSR count). The van der Waals surface area contributed by atoms with E-state index in [9.17, 15) is 9.59 Å². The summed E-state index contributed by atoms with van der Waals surface area (Å²) in [5.74, 6) is 0.327. The molecule has 0 aliphatic carbocycles. The van der Waals surface area contributed by atoms with Crippen molar-refractivity contribution < 1.29 is 9.59 Å². The summed E-state index contributed by atoms with van der Waals surface area (Å²) >= 11 is 0. The Bertz CT molecular complexity index is 238. The van der Waals surface area contributed by atoms with Crippen LogP contribution in [0.1, 0.15) is 52.4 Å². The molecule has 1 fully saturated rings. The van der Waals surface area contributed by atoms with Crippen molar-refractivity contribution in [2.75, 3.05) is 6.54 Å². The second-order valence-electron chi connectivity index (χ2n) is 4.25. The van der Waals surface area contributed by atoms with Crippen molar-refractivity contribution in [2.45, 2.75) is 58.4 Å². The van der Waals surface area contributed by atoms with Crippen LogP contribution >= 0.6 is 0 Å². The van der Waals surface area contributed by atoms with E-state index < -0.39 is 0 Å². The first kappa shape index (κ1) is 12.2. The number of nitrogens with zero attached hydrogens (tertiary/aromatic N) is 1. The van der Waals surface area contributed by atoms with Crippen LogP contribution in [0.3, 0.4) is 0 Å². The largest absolute Gasteiger partial charge is 0.333 e. The quantitative estimate of drug-likeness (QED) is 0.717. The summed E-state index contributed by atoms with van der Waals surface area (Å²) in [6.45, 7) is 4.46. The standard InChI is InChI=1S/C12H21NO2/c1-3-11(14)10(2)13-9-7-5-4-6-8-12(13)15/h10H,3-9H2,1-2H3. The second-order valence-corrected chi connectivity index (χ2v) is 4.25. The molecule has 1 saturated heterocycles. The van der Waals surface area contributed by atoms with Gasteiger partial charge in [0.25, 0.3) is 0 Å². The van der Waals surface area contributed by atoms with Gasteiger partial charge in [0.2, 0.25) is 5.91 Å². The van der Waals surface area contributed by atoms with Gasteiger partial charge >= 0.3 is 0 Å². The minimum atomic E-state index is -0.222. The third-order valence-electron chi connectivity index (χ3n) is 3.14. The van der Waals surface area contributed by atoms with E-state index in [2.05, 4.69) is 0 Å². The summed E-state index contributed by atoms with van der Waals surface area (Å²) in [7, 11) is 0. The Kier molecular flexibility index (Phi) is 4.79. The van der Waals surface area contributed by atoms with Crippen molar-refractivity contribution in [3.05, 3.63) is 0 Å². The van der Waals surface area contributed by atoms with Gasteiger partial charge in [0.15, 0.2) is 5.78 Å². The number of carbonyl (C=O) groups is 2. The van der Waals surface area contributed by atoms with Crippen molar-refractivity contribution in [3.8, 4) is 0 Å². The number of hydrogen-bond acceptors (Lipinski definition) is 2. The van der Waals surface area contributed by atoms with Gasteiger partial charge in [-0.2, -0.15) is 0 Å². The number of amides is 1. The Morgan fingerprint density at radius 1 is 1.33 bits per heavy atom. The fourth-order valence-corrected chi connectivity index (χ4v) is 2.06. The van der Waals surface area contributed by atoms with Crippen LogP contribution in [0.15, 0.2) is 0 Å². The first-order valence-corrected chi connectivity index (χ1v) is 5.99. The first-order chi connectivity index (χ1) is 7.16. The summed E-state index contributed by atoms with van der Waals surface area (Å²) in [5, 5.41) is 0. The number of hydrogen-bond donors (Lipinski definition) is 0. The molecule has 0 radical (unpaired) electrons. The van der Waals surface area contributed by atoms with E-state index in [1.165, 1.54) is 6.42 Å². The minimum Gasteiger partial charge on any atom is -0.333 e. The highest BCUT2D eigenvalue weighted by Crippen LogP contribution is 2.15. The zero-order chi connectivity index (χ0) is 11.3. The Labute approximate surface area is 91.8 Å². The van der Waals surface area contributed by atoms with E-state index in [1.54, 1.807) is 4.90 Å². The first-order valence-electron chi connectivity index (χ1n) is 5.99. The van der Waals surface area contributed by atoms with Crippen LogP contribution in [-0.2, 0) is 9.59 Å². The van der Waals surface area contributed by atoms with Gasteiger partial charge in [-0.15, -0.1) is 0 Å². The van der Waals surface area contributed by atoms with Crippen LogP contribution in [0.4, 0.5) is 0 Å². The SMILES string of the molecule is CCC(=O)C(C)N1CCCCCCC1=O. The summed E-state index contributed by atoms with van der Waals surface area (Å²) < 4.78 is 0. The predicted molar refractivity (Wildman–Crippen MR) is 59.6 cm³/mol. The average Bonchev–Trinajstić information content (AvgIpc) is 2.22. The molecule has 0 aromatic carbocycles. The molecule has 3 heteroatoms. The molecule has 0 aromatic rings. The van der Waals surface area contributed by atoms with Gasteiger partial charge in [-0.3, -0.25) is 9.59 Å². The number of likely N-dealkylation sites (tertiary alicyclic amines) is 1. The molecule has 1 amide bonds. The van der Waals surface area contributed by atoms with E-state index in [-0.39, 0.29) is 17.7 Å². The monoisotopic (exact) mass is 211 g/mol. The van der Waals surface area contributed by atoms with Gasteiger partial charge in [-0.1, -0.05) is 19.8 Å². The number of ketones is 1. The molecule has 0 aromatic heterocycles. The van der Waals surface area contributed by atoms with E-state index in [4.69, 9.17) is 0 Å². The van der Waals surface area contributed by atoms with Crippen LogP contribution in [-0.4, -0.2) is 29.2 Å². The Balaban J connectivity index is 2.62. The lowest BCUT2D eigenvalue weighted by molar-refractivity contribution is -0.139. The highest BCUT2D eigenvalue weighted by Gasteiger charge is 2.24. The number of rotatable bonds is 3. The minimum absolute atomic E-state index is 0.156. The number of Topliss-reactive ketones (excluding diaryl/α,β-unsaturated/α-hetero) is 1. The molecule has 0 N–H and O–H groups in total. The molecule has 1 atom stereocenters. The zero-order valence-corrected chi connectivity index (χ0v) is 9.79. The van der Waals surface area contributed by atoms with Gasteiger partial charge in [0, 0.05) is 19.4 Å². The maximum Gasteiger partial charge on any atom is 0.223 e. The van der Waals surface area contributed by atoms with Gasteiger partial charge in [0.05, 0.1) is 6.04 Å². The molecule has 1 unspecified atom stereocenters. The van der Waals surface area contributed by atoms with Crippen molar-refractivity contribution in [3.63, 3.8) is 0 Å². The molecule has 1 aliphatic heterocycles. The topological polar surface area (TPSA) is 37.4 Å². The molecular formula is C12H21NO2. The maximum atomic E-state index is 11.8.